The van der Waals surface area contributed by atoms with Crippen molar-refractivity contribution in [1.82, 2.24) is 4.57 Å². The molecule has 1 aromatic carbocycles. The van der Waals surface area contributed by atoms with Crippen LogP contribution in [0, 0.1) is 0 Å². The van der Waals surface area contributed by atoms with Crippen LogP contribution in [0.2, 0.25) is 0 Å². The second kappa shape index (κ2) is 7.09. The number of para-hydroxylation sites is 2. The number of imidazole rings is 1. The Morgan fingerprint density at radius 2 is 2.22 bits per heavy atom. The van der Waals surface area contributed by atoms with E-state index in [9.17, 15) is 0 Å². The first-order valence-electron chi connectivity index (χ1n) is 7.73. The summed E-state index contributed by atoms with van der Waals surface area (Å²) < 4.78 is 20.7. The van der Waals surface area contributed by atoms with Gasteiger partial charge in [-0.05, 0) is 19.1 Å². The van der Waals surface area contributed by atoms with E-state index in [-0.39, 0.29) is 6.79 Å². The van der Waals surface area contributed by atoms with Crippen LogP contribution in [0.25, 0.3) is 0 Å². The lowest BCUT2D eigenvalue weighted by molar-refractivity contribution is -0.671. The fourth-order valence-corrected chi connectivity index (χ4v) is 2.53. The van der Waals surface area contributed by atoms with Crippen molar-refractivity contribution in [3.05, 3.63) is 55.1 Å². The van der Waals surface area contributed by atoms with Crippen LogP contribution in [0.1, 0.15) is 6.92 Å². The van der Waals surface area contributed by atoms with E-state index in [1.807, 2.05) is 61.5 Å². The normalized spacial score (nSPS) is 13.2. The molecule has 0 spiro atoms. The summed E-state index contributed by atoms with van der Waals surface area (Å²) >= 11 is 0. The zero-order valence-corrected chi connectivity index (χ0v) is 13.5. The molecular formula is C17H22N3O3+. The van der Waals surface area contributed by atoms with E-state index in [1.54, 1.807) is 6.26 Å². The summed E-state index contributed by atoms with van der Waals surface area (Å²) in [6.45, 7) is 4.42. The molecule has 23 heavy (non-hydrogen) atoms. The van der Waals surface area contributed by atoms with Crippen LogP contribution in [0.5, 0.6) is 5.75 Å². The average Bonchev–Trinajstić information content (AvgIpc) is 3.21. The van der Waals surface area contributed by atoms with E-state index in [0.717, 1.165) is 24.5 Å². The van der Waals surface area contributed by atoms with Crippen LogP contribution in [-0.4, -0.2) is 24.5 Å². The number of benzene rings is 1. The molecule has 0 aliphatic carbocycles. The zero-order chi connectivity index (χ0) is 16.1. The van der Waals surface area contributed by atoms with E-state index >= 15 is 0 Å². The van der Waals surface area contributed by atoms with Crippen LogP contribution in [0.3, 0.4) is 0 Å². The molecule has 0 amide bonds. The number of anilines is 1. The Morgan fingerprint density at radius 3 is 2.91 bits per heavy atom. The number of rotatable bonds is 7. The maximum atomic E-state index is 5.76. The van der Waals surface area contributed by atoms with Crippen molar-refractivity contribution in [1.29, 1.82) is 0 Å². The summed E-state index contributed by atoms with van der Waals surface area (Å²) in [6, 6.07) is 7.97. The smallest absolute Gasteiger partial charge is 0.243 e. The van der Waals surface area contributed by atoms with Crippen molar-refractivity contribution >= 4 is 5.69 Å². The van der Waals surface area contributed by atoms with Gasteiger partial charge in [0, 0.05) is 0 Å². The number of nitrogens with zero attached hydrogens (tertiary/aromatic N) is 3. The summed E-state index contributed by atoms with van der Waals surface area (Å²) in [7, 11) is 2.01. The molecule has 0 bridgehead atoms. The van der Waals surface area contributed by atoms with Gasteiger partial charge in [0.15, 0.2) is 0 Å². The van der Waals surface area contributed by atoms with Gasteiger partial charge in [0.05, 0.1) is 25.9 Å². The topological polar surface area (TPSA) is 39.7 Å². The van der Waals surface area contributed by atoms with E-state index in [4.69, 9.17) is 14.2 Å². The molecule has 122 valence electrons. The number of hydrogen-bond donors (Lipinski definition) is 0. The molecule has 0 saturated carbocycles. The van der Waals surface area contributed by atoms with Gasteiger partial charge in [-0.25, -0.2) is 9.13 Å². The SMILES string of the molecule is CCOc1ccccc1N(CCn1cc[n+](C)c1)C1=COCO1. The summed E-state index contributed by atoms with van der Waals surface area (Å²) in [4.78, 5) is 2.08. The van der Waals surface area contributed by atoms with Crippen LogP contribution >= 0.6 is 0 Å². The van der Waals surface area contributed by atoms with E-state index in [2.05, 4.69) is 9.47 Å². The van der Waals surface area contributed by atoms with Crippen molar-refractivity contribution in [2.24, 2.45) is 7.05 Å². The minimum absolute atomic E-state index is 0.251. The Balaban J connectivity index is 1.83. The second-order valence-corrected chi connectivity index (χ2v) is 5.25. The van der Waals surface area contributed by atoms with Crippen molar-refractivity contribution in [3.8, 4) is 5.75 Å². The summed E-state index contributed by atoms with van der Waals surface area (Å²) in [5, 5.41) is 0. The lowest BCUT2D eigenvalue weighted by Crippen LogP contribution is -2.28. The predicted molar refractivity (Wildman–Crippen MR) is 85.7 cm³/mol. The van der Waals surface area contributed by atoms with Gasteiger partial charge in [0.2, 0.25) is 19.0 Å². The van der Waals surface area contributed by atoms with Crippen molar-refractivity contribution < 1.29 is 18.8 Å². The number of aromatic nitrogens is 2. The lowest BCUT2D eigenvalue weighted by atomic mass is 10.2. The van der Waals surface area contributed by atoms with E-state index in [1.165, 1.54) is 0 Å². The molecule has 0 N–H and O–H groups in total. The molecule has 0 saturated heterocycles. The molecular weight excluding hydrogens is 294 g/mol. The third-order valence-corrected chi connectivity index (χ3v) is 3.59. The minimum atomic E-state index is 0.251. The molecule has 6 nitrogen and oxygen atoms in total. The highest BCUT2D eigenvalue weighted by Gasteiger charge is 2.21. The van der Waals surface area contributed by atoms with Crippen LogP contribution in [0.15, 0.2) is 55.1 Å². The quantitative estimate of drug-likeness (QED) is 0.733. The first-order chi connectivity index (χ1) is 11.3. The maximum Gasteiger partial charge on any atom is 0.243 e. The highest BCUT2D eigenvalue weighted by atomic mass is 16.7. The van der Waals surface area contributed by atoms with Crippen molar-refractivity contribution in [3.63, 3.8) is 0 Å². The first-order valence-corrected chi connectivity index (χ1v) is 7.73. The third-order valence-electron chi connectivity index (χ3n) is 3.59. The molecule has 1 aliphatic rings. The Labute approximate surface area is 136 Å². The maximum absolute atomic E-state index is 5.76. The van der Waals surface area contributed by atoms with Gasteiger partial charge in [-0.1, -0.05) is 12.1 Å². The Morgan fingerprint density at radius 1 is 1.35 bits per heavy atom. The average molecular weight is 316 g/mol. The molecule has 0 atom stereocenters. The van der Waals surface area contributed by atoms with Gasteiger partial charge in [-0.2, -0.15) is 0 Å². The van der Waals surface area contributed by atoms with E-state index in [0.29, 0.717) is 12.5 Å². The molecule has 1 aromatic heterocycles. The summed E-state index contributed by atoms with van der Waals surface area (Å²) in [6.07, 6.45) is 7.77. The standard InChI is InChI=1S/C17H22N3O3/c1-3-22-16-7-5-4-6-15(16)20(17-12-21-14-23-17)11-10-19-9-8-18(2)13-19/h4-9,12-13H,3,10-11,14H2,1-2H3/q+1. The largest absolute Gasteiger partial charge is 0.492 e. The fraction of sp³-hybridized carbons (Fsp3) is 0.353. The molecule has 0 fully saturated rings. The molecule has 2 aromatic rings. The molecule has 0 unspecified atom stereocenters. The Hall–Kier alpha value is -2.63. The van der Waals surface area contributed by atoms with Gasteiger partial charge in [0.25, 0.3) is 0 Å². The lowest BCUT2D eigenvalue weighted by Gasteiger charge is -2.25. The van der Waals surface area contributed by atoms with Crippen LogP contribution in [-0.2, 0) is 23.1 Å². The van der Waals surface area contributed by atoms with Gasteiger partial charge >= 0.3 is 0 Å². The summed E-state index contributed by atoms with van der Waals surface area (Å²) in [5.74, 6) is 1.54. The highest BCUT2D eigenvalue weighted by molar-refractivity contribution is 5.61. The summed E-state index contributed by atoms with van der Waals surface area (Å²) in [5.41, 5.74) is 0.975. The third kappa shape index (κ3) is 3.59. The Bertz CT molecular complexity index is 681. The predicted octanol–water partition coefficient (Wildman–Crippen LogP) is 2.02. The highest BCUT2D eigenvalue weighted by Crippen LogP contribution is 2.32. The van der Waals surface area contributed by atoms with Crippen LogP contribution in [0.4, 0.5) is 5.69 Å². The number of aryl methyl sites for hydroxylation is 1. The molecule has 3 rings (SSSR count). The fourth-order valence-electron chi connectivity index (χ4n) is 2.53. The number of hydrogen-bond acceptors (Lipinski definition) is 4. The monoisotopic (exact) mass is 316 g/mol. The number of ether oxygens (including phenoxy) is 3. The van der Waals surface area contributed by atoms with Gasteiger partial charge in [-0.15, -0.1) is 0 Å². The first kappa shape index (κ1) is 15.3. The van der Waals surface area contributed by atoms with Gasteiger partial charge in [-0.3, -0.25) is 0 Å². The van der Waals surface area contributed by atoms with Crippen molar-refractivity contribution in [2.45, 2.75) is 13.5 Å². The molecule has 2 heterocycles. The zero-order valence-electron chi connectivity index (χ0n) is 13.5. The second-order valence-electron chi connectivity index (χ2n) is 5.25. The van der Waals surface area contributed by atoms with Crippen LogP contribution < -0.4 is 14.2 Å². The van der Waals surface area contributed by atoms with Gasteiger partial charge < -0.3 is 19.1 Å². The van der Waals surface area contributed by atoms with Gasteiger partial charge in [0.1, 0.15) is 31.0 Å². The minimum Gasteiger partial charge on any atom is -0.492 e. The molecule has 1 aliphatic heterocycles. The van der Waals surface area contributed by atoms with Crippen molar-refractivity contribution in [2.75, 3.05) is 24.8 Å². The van der Waals surface area contributed by atoms with E-state index < -0.39 is 0 Å². The molecule has 6 heteroatoms. The Kier molecular flexibility index (Phi) is 4.71. The molecule has 0 radical (unpaired) electrons.